The van der Waals surface area contributed by atoms with Gasteiger partial charge in [0.25, 0.3) is 6.47 Å². The Balaban J connectivity index is 1.73. The van der Waals surface area contributed by atoms with Gasteiger partial charge in [0.05, 0.1) is 0 Å². The fraction of sp³-hybridized carbons (Fsp3) is 0. The van der Waals surface area contributed by atoms with Gasteiger partial charge in [0, 0.05) is 5.39 Å². The van der Waals surface area contributed by atoms with Gasteiger partial charge in [0.15, 0.2) is 0 Å². The summed E-state index contributed by atoms with van der Waals surface area (Å²) < 4.78 is 5.22. The van der Waals surface area contributed by atoms with Crippen LogP contribution in [0.2, 0.25) is 0 Å². The van der Waals surface area contributed by atoms with Crippen LogP contribution < -0.4 is 4.74 Å². The topological polar surface area (TPSA) is 26.3 Å². The highest BCUT2D eigenvalue weighted by Crippen LogP contribution is 2.35. The van der Waals surface area contributed by atoms with Crippen LogP contribution in [0.15, 0.2) is 91.0 Å². The van der Waals surface area contributed by atoms with Crippen LogP contribution in [0, 0.1) is 0 Å². The number of carbonyl (C=O) groups is 1. The van der Waals surface area contributed by atoms with Crippen LogP contribution in [-0.4, -0.2) is 6.47 Å². The molecule has 0 spiro atoms. The van der Waals surface area contributed by atoms with Crippen molar-refractivity contribution >= 4 is 60.3 Å². The minimum Gasteiger partial charge on any atom is -0.428 e. The van der Waals surface area contributed by atoms with Crippen molar-refractivity contribution in [3.05, 3.63) is 91.0 Å². The van der Waals surface area contributed by atoms with Crippen molar-refractivity contribution in [3.8, 4) is 5.75 Å². The highest BCUT2D eigenvalue weighted by Gasteiger charge is 2.08. The van der Waals surface area contributed by atoms with E-state index in [-0.39, 0.29) is 0 Å². The molecule has 0 heterocycles. The number of fused-ring (bicyclic) bond motifs is 6. The average Bonchev–Trinajstić information content (AvgIpc) is 2.75. The summed E-state index contributed by atoms with van der Waals surface area (Å²) in [6, 6.07) is 31.9. The molecule has 2 heteroatoms. The first-order chi connectivity index (χ1) is 14.3. The third-order valence-electron chi connectivity index (χ3n) is 5.79. The summed E-state index contributed by atoms with van der Waals surface area (Å²) in [5.41, 5.74) is 0. The van der Waals surface area contributed by atoms with Crippen molar-refractivity contribution in [2.75, 3.05) is 0 Å². The zero-order valence-electron chi connectivity index (χ0n) is 15.6. The highest BCUT2D eigenvalue weighted by molar-refractivity contribution is 6.16. The minimum atomic E-state index is 0.487. The van der Waals surface area contributed by atoms with Crippen LogP contribution in [0.3, 0.4) is 0 Å². The normalized spacial score (nSPS) is 11.6. The Morgan fingerprint density at radius 2 is 1.03 bits per heavy atom. The molecule has 136 valence electrons. The van der Waals surface area contributed by atoms with E-state index in [2.05, 4.69) is 72.8 Å². The summed E-state index contributed by atoms with van der Waals surface area (Å²) in [7, 11) is 0. The molecule has 6 aromatic carbocycles. The fourth-order valence-corrected chi connectivity index (χ4v) is 4.40. The predicted molar refractivity (Wildman–Crippen MR) is 121 cm³/mol. The quantitative estimate of drug-likeness (QED) is 0.186. The van der Waals surface area contributed by atoms with E-state index in [9.17, 15) is 4.79 Å². The molecule has 0 amide bonds. The lowest BCUT2D eigenvalue weighted by atomic mass is 9.94. The smallest absolute Gasteiger partial charge is 0.298 e. The molecule has 0 aromatic heterocycles. The Morgan fingerprint density at radius 1 is 0.483 bits per heavy atom. The van der Waals surface area contributed by atoms with E-state index in [1.807, 2.05) is 18.2 Å². The lowest BCUT2D eigenvalue weighted by Gasteiger charge is -2.10. The first-order valence-electron chi connectivity index (χ1n) is 9.62. The van der Waals surface area contributed by atoms with Crippen molar-refractivity contribution in [3.63, 3.8) is 0 Å². The van der Waals surface area contributed by atoms with Gasteiger partial charge in [-0.1, -0.05) is 48.5 Å². The van der Waals surface area contributed by atoms with E-state index < -0.39 is 0 Å². The van der Waals surface area contributed by atoms with Crippen LogP contribution in [0.4, 0.5) is 0 Å². The number of ether oxygens (including phenoxy) is 1. The summed E-state index contributed by atoms with van der Waals surface area (Å²) in [5, 5.41) is 11.7. The lowest BCUT2D eigenvalue weighted by Crippen LogP contribution is -1.90. The molecule has 0 radical (unpaired) electrons. The second-order valence-electron chi connectivity index (χ2n) is 7.45. The maximum absolute atomic E-state index is 10.9. The lowest BCUT2D eigenvalue weighted by molar-refractivity contribution is -0.120. The fourth-order valence-electron chi connectivity index (χ4n) is 4.40. The van der Waals surface area contributed by atoms with Crippen LogP contribution in [0.1, 0.15) is 0 Å². The molecule has 6 rings (SSSR count). The molecular weight excluding hydrogens is 356 g/mol. The van der Waals surface area contributed by atoms with E-state index in [4.69, 9.17) is 4.74 Å². The highest BCUT2D eigenvalue weighted by atomic mass is 16.5. The standard InChI is InChI=1S/C27H16O2/c28-16-29-27-7-3-6-19-12-20-8-9-21-13-22-10-17-4-1-2-5-18(17)11-23(22)14-24(21)25(20)15-26(19)27/h1-16H. The van der Waals surface area contributed by atoms with Gasteiger partial charge in [-0.05, 0) is 90.9 Å². The van der Waals surface area contributed by atoms with E-state index in [1.165, 1.54) is 37.7 Å². The zero-order chi connectivity index (χ0) is 19.4. The number of benzene rings is 6. The molecule has 0 atom stereocenters. The van der Waals surface area contributed by atoms with Gasteiger partial charge in [0.1, 0.15) is 5.75 Å². The second-order valence-corrected chi connectivity index (χ2v) is 7.45. The minimum absolute atomic E-state index is 0.487. The first kappa shape index (κ1) is 16.1. The third kappa shape index (κ3) is 2.46. The van der Waals surface area contributed by atoms with E-state index in [0.717, 1.165) is 16.2 Å². The molecule has 0 aliphatic rings. The molecule has 0 bridgehead atoms. The summed E-state index contributed by atoms with van der Waals surface area (Å²) >= 11 is 0. The Morgan fingerprint density at radius 3 is 1.76 bits per heavy atom. The predicted octanol–water partition coefficient (Wildman–Crippen LogP) is 6.99. The number of hydrogen-bond donors (Lipinski definition) is 0. The van der Waals surface area contributed by atoms with Crippen molar-refractivity contribution in [2.24, 2.45) is 0 Å². The summed E-state index contributed by atoms with van der Waals surface area (Å²) in [4.78, 5) is 10.9. The molecule has 0 unspecified atom stereocenters. The molecule has 0 N–H and O–H groups in total. The third-order valence-corrected chi connectivity index (χ3v) is 5.79. The van der Waals surface area contributed by atoms with E-state index in [0.29, 0.717) is 12.2 Å². The van der Waals surface area contributed by atoms with Gasteiger partial charge in [-0.2, -0.15) is 0 Å². The number of hydrogen-bond acceptors (Lipinski definition) is 2. The Hall–Kier alpha value is -3.91. The van der Waals surface area contributed by atoms with Crippen molar-refractivity contribution in [1.82, 2.24) is 0 Å². The molecule has 29 heavy (non-hydrogen) atoms. The average molecular weight is 372 g/mol. The molecule has 0 saturated carbocycles. The van der Waals surface area contributed by atoms with Crippen LogP contribution in [-0.2, 0) is 4.79 Å². The molecule has 2 nitrogen and oxygen atoms in total. The molecule has 0 saturated heterocycles. The van der Waals surface area contributed by atoms with Crippen molar-refractivity contribution in [2.45, 2.75) is 0 Å². The molecule has 6 aromatic rings. The SMILES string of the molecule is O=COc1cccc2cc3ccc4cc5cc6ccccc6cc5cc4c3cc12. The summed E-state index contributed by atoms with van der Waals surface area (Å²) in [6.07, 6.45) is 0. The molecule has 0 fully saturated rings. The Labute approximate surface area is 166 Å². The van der Waals surface area contributed by atoms with Crippen LogP contribution >= 0.6 is 0 Å². The van der Waals surface area contributed by atoms with Crippen molar-refractivity contribution < 1.29 is 9.53 Å². The molecular formula is C27H16O2. The van der Waals surface area contributed by atoms with Gasteiger partial charge in [-0.25, -0.2) is 0 Å². The molecule has 0 aliphatic heterocycles. The zero-order valence-corrected chi connectivity index (χ0v) is 15.6. The van der Waals surface area contributed by atoms with Gasteiger partial charge in [-0.3, -0.25) is 4.79 Å². The van der Waals surface area contributed by atoms with Crippen LogP contribution in [0.25, 0.3) is 53.9 Å². The Kier molecular flexibility index (Phi) is 3.35. The van der Waals surface area contributed by atoms with Crippen LogP contribution in [0.5, 0.6) is 5.75 Å². The van der Waals surface area contributed by atoms with E-state index >= 15 is 0 Å². The number of carbonyl (C=O) groups excluding carboxylic acids is 1. The second kappa shape index (κ2) is 6.05. The van der Waals surface area contributed by atoms with Crippen molar-refractivity contribution in [1.29, 1.82) is 0 Å². The largest absolute Gasteiger partial charge is 0.428 e. The molecule has 0 aliphatic carbocycles. The van der Waals surface area contributed by atoms with Gasteiger partial charge < -0.3 is 4.74 Å². The van der Waals surface area contributed by atoms with Gasteiger partial charge in [-0.15, -0.1) is 0 Å². The van der Waals surface area contributed by atoms with E-state index in [1.54, 1.807) is 0 Å². The number of rotatable bonds is 2. The maximum Gasteiger partial charge on any atom is 0.298 e. The maximum atomic E-state index is 10.9. The Bertz CT molecular complexity index is 1600. The first-order valence-corrected chi connectivity index (χ1v) is 9.62. The summed E-state index contributed by atoms with van der Waals surface area (Å²) in [5.74, 6) is 0.586. The van der Waals surface area contributed by atoms with Gasteiger partial charge in [0.2, 0.25) is 0 Å². The summed E-state index contributed by atoms with van der Waals surface area (Å²) in [6.45, 7) is 0.487. The monoisotopic (exact) mass is 372 g/mol. The van der Waals surface area contributed by atoms with Gasteiger partial charge >= 0.3 is 0 Å².